The molecule has 2 nitrogen and oxygen atoms in total. The first-order chi connectivity index (χ1) is 10.8. The summed E-state index contributed by atoms with van der Waals surface area (Å²) in [6.45, 7) is 0. The molecule has 0 spiro atoms. The van der Waals surface area contributed by atoms with Gasteiger partial charge in [-0.3, -0.25) is 0 Å². The van der Waals surface area contributed by atoms with Gasteiger partial charge >= 0.3 is 0 Å². The maximum atomic E-state index is 9.40. The van der Waals surface area contributed by atoms with Gasteiger partial charge in [-0.25, -0.2) is 4.99 Å². The van der Waals surface area contributed by atoms with E-state index in [1.54, 1.807) is 17.6 Å². The van der Waals surface area contributed by atoms with E-state index in [1.165, 1.54) is 16.9 Å². The molecule has 4 heteroatoms. The molecule has 22 heavy (non-hydrogen) atoms. The number of allylic oxidation sites excluding steroid dienone is 1. The van der Waals surface area contributed by atoms with Crippen LogP contribution in [-0.2, 0) is 12.8 Å². The topological polar surface area (TPSA) is 36.1 Å². The van der Waals surface area contributed by atoms with Crippen LogP contribution < -0.4 is 0 Å². The number of benzene rings is 1. The van der Waals surface area contributed by atoms with Gasteiger partial charge in [-0.1, -0.05) is 41.9 Å². The molecular formula is C18H15ClN2S. The smallest absolute Gasteiger partial charge is 0.134 e. The number of nitriles is 1. The van der Waals surface area contributed by atoms with E-state index in [2.05, 4.69) is 11.1 Å². The number of hydrogen-bond donors (Lipinski definition) is 0. The second-order valence-corrected chi connectivity index (χ2v) is 6.72. The molecule has 0 N–H and O–H groups in total. The SMILES string of the molecule is N#Cc1c(N=C/C(Cl)=C\c2ccccc2)sc2c1CCCC2. The largest absolute Gasteiger partial charge is 0.243 e. The van der Waals surface area contributed by atoms with Gasteiger partial charge in [0.1, 0.15) is 11.1 Å². The fourth-order valence-corrected chi connectivity index (χ4v) is 3.98. The van der Waals surface area contributed by atoms with Gasteiger partial charge in [-0.05, 0) is 42.9 Å². The average Bonchev–Trinajstić information content (AvgIpc) is 2.91. The number of aryl methyl sites for hydroxylation is 1. The van der Waals surface area contributed by atoms with Crippen LogP contribution in [0.2, 0.25) is 0 Å². The quantitative estimate of drug-likeness (QED) is 0.688. The fraction of sp³-hybridized carbons (Fsp3) is 0.222. The molecule has 0 atom stereocenters. The molecule has 0 unspecified atom stereocenters. The third-order valence-corrected chi connectivity index (χ3v) is 5.08. The van der Waals surface area contributed by atoms with E-state index in [9.17, 15) is 5.26 Å². The molecule has 0 saturated carbocycles. The van der Waals surface area contributed by atoms with Crippen molar-refractivity contribution in [3.63, 3.8) is 0 Å². The summed E-state index contributed by atoms with van der Waals surface area (Å²) in [6, 6.07) is 12.2. The Hall–Kier alpha value is -1.89. The van der Waals surface area contributed by atoms with Crippen LogP contribution in [0.15, 0.2) is 40.4 Å². The standard InChI is InChI=1S/C18H15ClN2S/c19-14(10-13-6-2-1-3-7-13)12-21-18-16(11-20)15-8-4-5-9-17(15)22-18/h1-3,6-7,10,12H,4-5,8-9H2/b14-10+,21-12?. The minimum absolute atomic E-state index is 0.557. The van der Waals surface area contributed by atoms with Gasteiger partial charge in [0.2, 0.25) is 0 Å². The Morgan fingerprint density at radius 3 is 2.77 bits per heavy atom. The van der Waals surface area contributed by atoms with Gasteiger partial charge in [-0.15, -0.1) is 11.3 Å². The lowest BCUT2D eigenvalue weighted by Crippen LogP contribution is -1.99. The van der Waals surface area contributed by atoms with Crippen molar-refractivity contribution >= 4 is 40.2 Å². The van der Waals surface area contributed by atoms with Crippen molar-refractivity contribution in [2.24, 2.45) is 4.99 Å². The van der Waals surface area contributed by atoms with Crippen molar-refractivity contribution in [3.05, 3.63) is 56.9 Å². The van der Waals surface area contributed by atoms with E-state index in [-0.39, 0.29) is 0 Å². The third kappa shape index (κ3) is 3.30. The van der Waals surface area contributed by atoms with Crippen LogP contribution in [0, 0.1) is 11.3 Å². The predicted molar refractivity (Wildman–Crippen MR) is 94.1 cm³/mol. The summed E-state index contributed by atoms with van der Waals surface area (Å²) in [6.07, 6.45) is 7.93. The van der Waals surface area contributed by atoms with Gasteiger partial charge in [0.05, 0.1) is 10.6 Å². The molecule has 3 rings (SSSR count). The Balaban J connectivity index is 1.85. The zero-order valence-corrected chi connectivity index (χ0v) is 13.6. The second-order valence-electron chi connectivity index (χ2n) is 5.20. The maximum Gasteiger partial charge on any atom is 0.134 e. The summed E-state index contributed by atoms with van der Waals surface area (Å²) < 4.78 is 0. The first-order valence-electron chi connectivity index (χ1n) is 7.29. The van der Waals surface area contributed by atoms with E-state index >= 15 is 0 Å². The highest BCUT2D eigenvalue weighted by atomic mass is 35.5. The summed E-state index contributed by atoms with van der Waals surface area (Å²) in [4.78, 5) is 5.77. The van der Waals surface area contributed by atoms with Crippen molar-refractivity contribution in [2.45, 2.75) is 25.7 Å². The number of aliphatic imine (C=N–C) groups is 1. The van der Waals surface area contributed by atoms with Crippen LogP contribution in [0.4, 0.5) is 5.00 Å². The third-order valence-electron chi connectivity index (χ3n) is 3.67. The highest BCUT2D eigenvalue weighted by Gasteiger charge is 2.20. The zero-order chi connectivity index (χ0) is 15.4. The van der Waals surface area contributed by atoms with Crippen LogP contribution >= 0.6 is 22.9 Å². The number of halogens is 1. The lowest BCUT2D eigenvalue weighted by Gasteiger charge is -2.09. The van der Waals surface area contributed by atoms with E-state index < -0.39 is 0 Å². The predicted octanol–water partition coefficient (Wildman–Crippen LogP) is 5.48. The molecule has 0 aliphatic heterocycles. The van der Waals surface area contributed by atoms with Gasteiger partial charge in [0.15, 0.2) is 0 Å². The minimum Gasteiger partial charge on any atom is -0.243 e. The molecule has 1 aromatic heterocycles. The fourth-order valence-electron chi connectivity index (χ4n) is 2.62. The Morgan fingerprint density at radius 2 is 2.00 bits per heavy atom. The number of hydrogen-bond acceptors (Lipinski definition) is 3. The molecule has 110 valence electrons. The van der Waals surface area contributed by atoms with Crippen LogP contribution in [0.3, 0.4) is 0 Å². The van der Waals surface area contributed by atoms with E-state index in [0.717, 1.165) is 35.4 Å². The van der Waals surface area contributed by atoms with Crippen molar-refractivity contribution < 1.29 is 0 Å². The Labute approximate surface area is 139 Å². The first-order valence-corrected chi connectivity index (χ1v) is 8.48. The molecule has 1 heterocycles. The first kappa shape index (κ1) is 15.0. The van der Waals surface area contributed by atoms with Gasteiger partial charge in [0.25, 0.3) is 0 Å². The summed E-state index contributed by atoms with van der Waals surface area (Å²) in [7, 11) is 0. The summed E-state index contributed by atoms with van der Waals surface area (Å²) in [5, 5.41) is 10.7. The molecule has 0 saturated heterocycles. The average molecular weight is 327 g/mol. The number of nitrogens with zero attached hydrogens (tertiary/aromatic N) is 2. The molecule has 2 aromatic rings. The lowest BCUT2D eigenvalue weighted by molar-refractivity contribution is 0.696. The van der Waals surface area contributed by atoms with Crippen molar-refractivity contribution in [1.29, 1.82) is 5.26 Å². The van der Waals surface area contributed by atoms with Crippen LogP contribution in [-0.4, -0.2) is 6.21 Å². The van der Waals surface area contributed by atoms with E-state index in [0.29, 0.717) is 5.03 Å². The normalized spacial score (nSPS) is 14.8. The van der Waals surface area contributed by atoms with Crippen molar-refractivity contribution in [1.82, 2.24) is 0 Å². The van der Waals surface area contributed by atoms with Gasteiger partial charge in [-0.2, -0.15) is 5.26 Å². The van der Waals surface area contributed by atoms with Crippen LogP contribution in [0.1, 0.15) is 34.4 Å². The number of rotatable bonds is 3. The van der Waals surface area contributed by atoms with Crippen molar-refractivity contribution in [3.8, 4) is 6.07 Å². The lowest BCUT2D eigenvalue weighted by atomic mass is 9.96. The molecule has 0 bridgehead atoms. The Bertz CT molecular complexity index is 766. The summed E-state index contributed by atoms with van der Waals surface area (Å²) >= 11 is 7.85. The minimum atomic E-state index is 0.557. The second kappa shape index (κ2) is 6.91. The molecule has 1 aliphatic carbocycles. The molecule has 0 amide bonds. The summed E-state index contributed by atoms with van der Waals surface area (Å²) in [5.74, 6) is 0. The molecule has 0 fully saturated rings. The Morgan fingerprint density at radius 1 is 1.23 bits per heavy atom. The molecular weight excluding hydrogens is 312 g/mol. The van der Waals surface area contributed by atoms with Crippen LogP contribution in [0.25, 0.3) is 6.08 Å². The number of thiophene rings is 1. The van der Waals surface area contributed by atoms with E-state index in [4.69, 9.17) is 11.6 Å². The van der Waals surface area contributed by atoms with E-state index in [1.807, 2.05) is 36.4 Å². The Kier molecular flexibility index (Phi) is 4.72. The van der Waals surface area contributed by atoms with Crippen LogP contribution in [0.5, 0.6) is 0 Å². The molecule has 0 radical (unpaired) electrons. The monoisotopic (exact) mass is 326 g/mol. The highest BCUT2D eigenvalue weighted by molar-refractivity contribution is 7.16. The van der Waals surface area contributed by atoms with Gasteiger partial charge in [0, 0.05) is 11.1 Å². The zero-order valence-electron chi connectivity index (χ0n) is 12.1. The maximum absolute atomic E-state index is 9.40. The number of fused-ring (bicyclic) bond motifs is 1. The molecule has 1 aromatic carbocycles. The molecule has 1 aliphatic rings. The van der Waals surface area contributed by atoms with Crippen molar-refractivity contribution in [2.75, 3.05) is 0 Å². The summed E-state index contributed by atoms with van der Waals surface area (Å²) in [5.41, 5.74) is 2.97. The van der Waals surface area contributed by atoms with Gasteiger partial charge < -0.3 is 0 Å². The highest BCUT2D eigenvalue weighted by Crippen LogP contribution is 2.39.